The number of nitrogens with one attached hydrogen (secondary N) is 1. The van der Waals surface area contributed by atoms with Gasteiger partial charge in [-0.05, 0) is 51.0 Å². The summed E-state index contributed by atoms with van der Waals surface area (Å²) in [5.41, 5.74) is 0.956. The van der Waals surface area contributed by atoms with Crippen molar-refractivity contribution in [2.75, 3.05) is 26.7 Å². The first-order valence-electron chi connectivity index (χ1n) is 6.88. The summed E-state index contributed by atoms with van der Waals surface area (Å²) in [5, 5.41) is 14.5. The van der Waals surface area contributed by atoms with Gasteiger partial charge in [0, 0.05) is 29.2 Å². The standard InChI is InChI=1S/C14H20BrN3O2/c1-17(9-11-3-2-6-16-8-11)10-12-4-5-13(15)7-14(12)18(19)20/h4-5,7,11,16H,2-3,6,8-10H2,1H3. The number of hydrogen-bond acceptors (Lipinski definition) is 4. The molecule has 0 saturated carbocycles. The Morgan fingerprint density at radius 3 is 3.00 bits per heavy atom. The predicted octanol–water partition coefficient (Wildman–Crippen LogP) is 2.79. The minimum Gasteiger partial charge on any atom is -0.316 e. The van der Waals surface area contributed by atoms with E-state index in [2.05, 4.69) is 26.1 Å². The van der Waals surface area contributed by atoms with Crippen LogP contribution in [0.1, 0.15) is 18.4 Å². The molecule has 1 atom stereocenters. The molecule has 6 heteroatoms. The molecule has 1 saturated heterocycles. The van der Waals surface area contributed by atoms with E-state index in [0.717, 1.165) is 29.7 Å². The number of nitro groups is 1. The van der Waals surface area contributed by atoms with Crippen LogP contribution in [0, 0.1) is 16.0 Å². The third-order valence-electron chi connectivity index (χ3n) is 3.65. The van der Waals surface area contributed by atoms with Gasteiger partial charge in [-0.3, -0.25) is 10.1 Å². The fourth-order valence-electron chi connectivity index (χ4n) is 2.72. The first-order valence-corrected chi connectivity index (χ1v) is 7.67. The third-order valence-corrected chi connectivity index (χ3v) is 4.15. The van der Waals surface area contributed by atoms with Crippen molar-refractivity contribution in [3.8, 4) is 0 Å². The molecule has 1 N–H and O–H groups in total. The summed E-state index contributed by atoms with van der Waals surface area (Å²) < 4.78 is 0.743. The van der Waals surface area contributed by atoms with Gasteiger partial charge in [0.2, 0.25) is 0 Å². The lowest BCUT2D eigenvalue weighted by Gasteiger charge is -2.27. The van der Waals surface area contributed by atoms with Gasteiger partial charge in [-0.1, -0.05) is 15.9 Å². The topological polar surface area (TPSA) is 58.4 Å². The number of nitrogens with zero attached hydrogens (tertiary/aromatic N) is 2. The molecule has 1 heterocycles. The minimum atomic E-state index is -0.309. The molecule has 2 rings (SSSR count). The first-order chi connectivity index (χ1) is 9.56. The van der Waals surface area contributed by atoms with Crippen molar-refractivity contribution in [2.24, 2.45) is 5.92 Å². The van der Waals surface area contributed by atoms with Crippen molar-refractivity contribution >= 4 is 21.6 Å². The van der Waals surface area contributed by atoms with Gasteiger partial charge >= 0.3 is 0 Å². The second-order valence-corrected chi connectivity index (χ2v) is 6.35. The highest BCUT2D eigenvalue weighted by Crippen LogP contribution is 2.25. The molecule has 1 unspecified atom stereocenters. The molecule has 0 spiro atoms. The SMILES string of the molecule is CN(Cc1ccc(Br)cc1[N+](=O)[O-])CC1CCCNC1. The summed E-state index contributed by atoms with van der Waals surface area (Å²) in [7, 11) is 2.03. The molecule has 0 bridgehead atoms. The van der Waals surface area contributed by atoms with Crippen molar-refractivity contribution in [1.82, 2.24) is 10.2 Å². The van der Waals surface area contributed by atoms with Gasteiger partial charge in [0.25, 0.3) is 5.69 Å². The lowest BCUT2D eigenvalue weighted by Crippen LogP contribution is -2.36. The van der Waals surface area contributed by atoms with E-state index in [9.17, 15) is 10.1 Å². The van der Waals surface area contributed by atoms with E-state index in [0.29, 0.717) is 12.5 Å². The molecule has 1 aromatic carbocycles. The Balaban J connectivity index is 1.99. The molecule has 1 fully saturated rings. The smallest absolute Gasteiger partial charge is 0.275 e. The van der Waals surface area contributed by atoms with Crippen LogP contribution in [0.4, 0.5) is 5.69 Å². The zero-order chi connectivity index (χ0) is 14.5. The van der Waals surface area contributed by atoms with Crippen LogP contribution in [0.25, 0.3) is 0 Å². The number of piperidine rings is 1. The number of halogens is 1. The van der Waals surface area contributed by atoms with E-state index < -0.39 is 0 Å². The fourth-order valence-corrected chi connectivity index (χ4v) is 3.07. The van der Waals surface area contributed by atoms with Crippen LogP contribution in [0.5, 0.6) is 0 Å². The maximum atomic E-state index is 11.1. The summed E-state index contributed by atoms with van der Waals surface area (Å²) in [4.78, 5) is 13.0. The Labute approximate surface area is 127 Å². The summed E-state index contributed by atoms with van der Waals surface area (Å²) >= 11 is 3.28. The molecule has 0 aromatic heterocycles. The van der Waals surface area contributed by atoms with Gasteiger partial charge < -0.3 is 10.2 Å². The van der Waals surface area contributed by atoms with E-state index in [1.54, 1.807) is 6.07 Å². The summed E-state index contributed by atoms with van der Waals surface area (Å²) in [6.45, 7) is 3.74. The van der Waals surface area contributed by atoms with Crippen molar-refractivity contribution in [3.63, 3.8) is 0 Å². The molecule has 1 aliphatic rings. The normalized spacial score (nSPS) is 19.2. The maximum absolute atomic E-state index is 11.1. The Bertz CT molecular complexity index is 475. The average Bonchev–Trinajstić information content (AvgIpc) is 2.41. The Morgan fingerprint density at radius 2 is 2.35 bits per heavy atom. The van der Waals surface area contributed by atoms with Crippen LogP contribution < -0.4 is 5.32 Å². The molecule has 0 amide bonds. The highest BCUT2D eigenvalue weighted by Gasteiger charge is 2.18. The highest BCUT2D eigenvalue weighted by molar-refractivity contribution is 9.10. The van der Waals surface area contributed by atoms with Crippen molar-refractivity contribution in [2.45, 2.75) is 19.4 Å². The maximum Gasteiger partial charge on any atom is 0.275 e. The largest absolute Gasteiger partial charge is 0.316 e. The van der Waals surface area contributed by atoms with E-state index in [1.807, 2.05) is 19.2 Å². The Kier molecular flexibility index (Phi) is 5.51. The molecule has 20 heavy (non-hydrogen) atoms. The highest BCUT2D eigenvalue weighted by atomic mass is 79.9. The van der Waals surface area contributed by atoms with Crippen LogP contribution in [-0.2, 0) is 6.54 Å². The molecular weight excluding hydrogens is 322 g/mol. The van der Waals surface area contributed by atoms with Crippen LogP contribution in [0.2, 0.25) is 0 Å². The molecule has 5 nitrogen and oxygen atoms in total. The Hall–Kier alpha value is -0.980. The summed E-state index contributed by atoms with van der Waals surface area (Å²) in [6.07, 6.45) is 2.46. The van der Waals surface area contributed by atoms with E-state index in [-0.39, 0.29) is 10.6 Å². The van der Waals surface area contributed by atoms with Gasteiger partial charge in [-0.2, -0.15) is 0 Å². The molecule has 0 aliphatic carbocycles. The minimum absolute atomic E-state index is 0.188. The molecule has 1 aromatic rings. The fraction of sp³-hybridized carbons (Fsp3) is 0.571. The quantitative estimate of drug-likeness (QED) is 0.660. The Morgan fingerprint density at radius 1 is 1.55 bits per heavy atom. The molecule has 110 valence electrons. The number of hydrogen-bond donors (Lipinski definition) is 1. The summed E-state index contributed by atoms with van der Waals surface area (Å²) in [6, 6.07) is 5.27. The monoisotopic (exact) mass is 341 g/mol. The van der Waals surface area contributed by atoms with Crippen LogP contribution in [0.3, 0.4) is 0 Å². The van der Waals surface area contributed by atoms with Gasteiger partial charge in [-0.25, -0.2) is 0 Å². The predicted molar refractivity (Wildman–Crippen MR) is 82.7 cm³/mol. The second-order valence-electron chi connectivity index (χ2n) is 5.44. The molecule has 1 aliphatic heterocycles. The summed E-state index contributed by atoms with van der Waals surface area (Å²) in [5.74, 6) is 0.642. The number of rotatable bonds is 5. The van der Waals surface area contributed by atoms with Crippen molar-refractivity contribution < 1.29 is 4.92 Å². The van der Waals surface area contributed by atoms with E-state index >= 15 is 0 Å². The zero-order valence-corrected chi connectivity index (χ0v) is 13.2. The first kappa shape index (κ1) is 15.4. The third kappa shape index (κ3) is 4.26. The second kappa shape index (κ2) is 7.15. The molecular formula is C14H20BrN3O2. The van der Waals surface area contributed by atoms with Crippen LogP contribution in [0.15, 0.2) is 22.7 Å². The van der Waals surface area contributed by atoms with Crippen molar-refractivity contribution in [1.29, 1.82) is 0 Å². The van der Waals surface area contributed by atoms with E-state index in [1.165, 1.54) is 12.8 Å². The van der Waals surface area contributed by atoms with E-state index in [4.69, 9.17) is 0 Å². The van der Waals surface area contributed by atoms with Gasteiger partial charge in [0.05, 0.1) is 4.92 Å². The van der Waals surface area contributed by atoms with Crippen molar-refractivity contribution in [3.05, 3.63) is 38.3 Å². The van der Waals surface area contributed by atoms with Gasteiger partial charge in [0.15, 0.2) is 0 Å². The van der Waals surface area contributed by atoms with Gasteiger partial charge in [0.1, 0.15) is 0 Å². The lowest BCUT2D eigenvalue weighted by atomic mass is 9.99. The number of benzene rings is 1. The zero-order valence-electron chi connectivity index (χ0n) is 11.6. The number of nitro benzene ring substituents is 1. The lowest BCUT2D eigenvalue weighted by molar-refractivity contribution is -0.385. The average molecular weight is 342 g/mol. The van der Waals surface area contributed by atoms with Crippen LogP contribution >= 0.6 is 15.9 Å². The van der Waals surface area contributed by atoms with Crippen LogP contribution in [-0.4, -0.2) is 36.5 Å². The molecule has 0 radical (unpaired) electrons. The van der Waals surface area contributed by atoms with Gasteiger partial charge in [-0.15, -0.1) is 0 Å².